The van der Waals surface area contributed by atoms with Gasteiger partial charge in [-0.3, -0.25) is 9.78 Å². The van der Waals surface area contributed by atoms with E-state index in [0.29, 0.717) is 30.4 Å². The largest absolute Gasteiger partial charge is 0.368 e. The molecule has 7 nitrogen and oxygen atoms in total. The van der Waals surface area contributed by atoms with Crippen LogP contribution in [0.15, 0.2) is 40.9 Å². The van der Waals surface area contributed by atoms with Crippen molar-refractivity contribution in [3.63, 3.8) is 0 Å². The predicted octanol–water partition coefficient (Wildman–Crippen LogP) is 2.21. The molecule has 0 unspecified atom stereocenters. The van der Waals surface area contributed by atoms with Crippen molar-refractivity contribution < 1.29 is 13.2 Å². The van der Waals surface area contributed by atoms with Gasteiger partial charge < -0.3 is 9.80 Å². The average molecular weight is 435 g/mol. The lowest BCUT2D eigenvalue weighted by Gasteiger charge is -2.36. The van der Waals surface area contributed by atoms with Gasteiger partial charge in [0.25, 0.3) is 10.0 Å². The summed E-state index contributed by atoms with van der Waals surface area (Å²) in [5.74, 6) is 0.0585. The van der Waals surface area contributed by atoms with Crippen molar-refractivity contribution in [2.24, 2.45) is 0 Å². The van der Waals surface area contributed by atoms with E-state index in [1.807, 2.05) is 17.0 Å². The summed E-state index contributed by atoms with van der Waals surface area (Å²) in [6.07, 6.45) is 6.74. The summed E-state index contributed by atoms with van der Waals surface area (Å²) in [7, 11) is -3.42. The van der Waals surface area contributed by atoms with Crippen molar-refractivity contribution in [2.75, 3.05) is 44.2 Å². The van der Waals surface area contributed by atoms with E-state index in [4.69, 9.17) is 0 Å². The molecule has 0 aromatic carbocycles. The maximum Gasteiger partial charge on any atom is 0.252 e. The monoisotopic (exact) mass is 434 g/mol. The maximum absolute atomic E-state index is 12.8. The molecule has 2 aliphatic heterocycles. The van der Waals surface area contributed by atoms with E-state index in [1.54, 1.807) is 28.8 Å². The fraction of sp³-hybridized carbons (Fsp3) is 0.500. The van der Waals surface area contributed by atoms with Gasteiger partial charge in [-0.2, -0.15) is 4.31 Å². The van der Waals surface area contributed by atoms with Crippen molar-refractivity contribution in [3.8, 4) is 0 Å². The quantitative estimate of drug-likeness (QED) is 0.721. The molecule has 0 spiro atoms. The van der Waals surface area contributed by atoms with Gasteiger partial charge in [0.2, 0.25) is 5.91 Å². The lowest BCUT2D eigenvalue weighted by Crippen LogP contribution is -2.49. The van der Waals surface area contributed by atoms with Crippen LogP contribution >= 0.6 is 11.3 Å². The summed E-state index contributed by atoms with van der Waals surface area (Å²) in [6.45, 7) is 4.10. The Hall–Kier alpha value is -1.97. The van der Waals surface area contributed by atoms with Crippen LogP contribution in [-0.4, -0.2) is 67.8 Å². The zero-order chi connectivity index (χ0) is 20.3. The highest BCUT2D eigenvalue weighted by Crippen LogP contribution is 2.27. The molecule has 0 N–H and O–H groups in total. The second-order valence-corrected chi connectivity index (χ2v) is 10.8. The summed E-state index contributed by atoms with van der Waals surface area (Å²) in [5.41, 5.74) is 1.12. The van der Waals surface area contributed by atoms with Crippen LogP contribution < -0.4 is 4.90 Å². The van der Waals surface area contributed by atoms with Gasteiger partial charge in [0, 0.05) is 62.2 Å². The van der Waals surface area contributed by atoms with Crippen LogP contribution in [0.2, 0.25) is 0 Å². The van der Waals surface area contributed by atoms with Crippen LogP contribution in [0, 0.1) is 0 Å². The van der Waals surface area contributed by atoms with Crippen molar-refractivity contribution in [2.45, 2.75) is 29.9 Å². The number of aromatic nitrogens is 1. The molecular formula is C20H26N4O3S2. The molecule has 156 valence electrons. The number of thiophene rings is 1. The predicted molar refractivity (Wildman–Crippen MR) is 114 cm³/mol. The average Bonchev–Trinajstić information content (AvgIpc) is 3.24. The minimum absolute atomic E-state index is 0.0585. The van der Waals surface area contributed by atoms with E-state index in [2.05, 4.69) is 9.88 Å². The Morgan fingerprint density at radius 3 is 2.31 bits per heavy atom. The standard InChI is InChI=1S/C20H26N4O3S2/c25-19(23-14-12-22(13-15-23)17-6-8-21-9-7-17)16-18-4-5-20(28-18)29(26,27)24-10-2-1-3-11-24/h4-9H,1-3,10-16H2. The van der Waals surface area contributed by atoms with Crippen LogP contribution in [0.4, 0.5) is 5.69 Å². The molecule has 0 atom stereocenters. The highest BCUT2D eigenvalue weighted by atomic mass is 32.2. The number of amides is 1. The highest BCUT2D eigenvalue weighted by molar-refractivity contribution is 7.91. The molecule has 2 aliphatic rings. The lowest BCUT2D eigenvalue weighted by molar-refractivity contribution is -0.130. The first-order chi connectivity index (χ1) is 14.0. The van der Waals surface area contributed by atoms with E-state index in [-0.39, 0.29) is 12.3 Å². The summed E-state index contributed by atoms with van der Waals surface area (Å²) in [5, 5.41) is 0. The Labute approximate surface area is 176 Å². The lowest BCUT2D eigenvalue weighted by atomic mass is 10.2. The number of hydrogen-bond acceptors (Lipinski definition) is 6. The van der Waals surface area contributed by atoms with Gasteiger partial charge in [0.15, 0.2) is 0 Å². The Morgan fingerprint density at radius 1 is 0.931 bits per heavy atom. The summed E-state index contributed by atoms with van der Waals surface area (Å²) in [6, 6.07) is 7.39. The molecule has 0 saturated carbocycles. The first kappa shape index (κ1) is 20.3. The SMILES string of the molecule is O=C(Cc1ccc(S(=O)(=O)N2CCCCC2)s1)N1CCN(c2ccncc2)CC1. The smallest absolute Gasteiger partial charge is 0.252 e. The first-order valence-electron chi connectivity index (χ1n) is 10.1. The fourth-order valence-corrected chi connectivity index (χ4v) is 6.87. The molecule has 0 aliphatic carbocycles. The third kappa shape index (κ3) is 4.62. The summed E-state index contributed by atoms with van der Waals surface area (Å²) in [4.78, 5) is 21.7. The molecule has 1 amide bonds. The van der Waals surface area contributed by atoms with Gasteiger partial charge in [-0.1, -0.05) is 6.42 Å². The molecule has 4 heterocycles. The van der Waals surface area contributed by atoms with Crippen LogP contribution in [-0.2, 0) is 21.2 Å². The molecule has 0 bridgehead atoms. The summed E-state index contributed by atoms with van der Waals surface area (Å²) >= 11 is 1.23. The number of hydrogen-bond donors (Lipinski definition) is 0. The Balaban J connectivity index is 1.34. The Bertz CT molecular complexity index is 932. The number of anilines is 1. The van der Waals surface area contributed by atoms with Crippen molar-refractivity contribution in [3.05, 3.63) is 41.5 Å². The molecule has 4 rings (SSSR count). The van der Waals surface area contributed by atoms with E-state index in [9.17, 15) is 13.2 Å². The number of rotatable bonds is 5. The van der Waals surface area contributed by atoms with Gasteiger partial charge in [-0.05, 0) is 37.1 Å². The number of piperidine rings is 1. The number of carbonyl (C=O) groups is 1. The molecule has 2 saturated heterocycles. The zero-order valence-electron chi connectivity index (χ0n) is 16.4. The van der Waals surface area contributed by atoms with E-state index in [0.717, 1.165) is 42.9 Å². The van der Waals surface area contributed by atoms with Gasteiger partial charge in [-0.25, -0.2) is 8.42 Å². The Kier molecular flexibility index (Phi) is 6.17. The summed E-state index contributed by atoms with van der Waals surface area (Å²) < 4.78 is 27.5. The highest BCUT2D eigenvalue weighted by Gasteiger charge is 2.28. The minimum atomic E-state index is -3.42. The van der Waals surface area contributed by atoms with Crippen LogP contribution in [0.25, 0.3) is 0 Å². The number of carbonyl (C=O) groups excluding carboxylic acids is 1. The van der Waals surface area contributed by atoms with Crippen LogP contribution in [0.5, 0.6) is 0 Å². The van der Waals surface area contributed by atoms with Crippen molar-refractivity contribution >= 4 is 33.0 Å². The second kappa shape index (κ2) is 8.81. The van der Waals surface area contributed by atoms with Gasteiger partial charge in [0.1, 0.15) is 4.21 Å². The third-order valence-corrected chi connectivity index (χ3v) is 8.98. The van der Waals surface area contributed by atoms with Crippen LogP contribution in [0.3, 0.4) is 0 Å². The fourth-order valence-electron chi connectivity index (χ4n) is 3.85. The van der Waals surface area contributed by atoms with E-state index in [1.165, 1.54) is 11.3 Å². The maximum atomic E-state index is 12.8. The minimum Gasteiger partial charge on any atom is -0.368 e. The van der Waals surface area contributed by atoms with Crippen molar-refractivity contribution in [1.82, 2.24) is 14.2 Å². The first-order valence-corrected chi connectivity index (χ1v) is 12.3. The molecular weight excluding hydrogens is 408 g/mol. The van der Waals surface area contributed by atoms with Gasteiger partial charge in [-0.15, -0.1) is 11.3 Å². The molecule has 0 radical (unpaired) electrons. The number of nitrogens with zero attached hydrogens (tertiary/aromatic N) is 4. The third-order valence-electron chi connectivity index (χ3n) is 5.53. The normalized spacial score (nSPS) is 18.8. The number of piperazine rings is 1. The second-order valence-electron chi connectivity index (χ2n) is 7.44. The Morgan fingerprint density at radius 2 is 1.62 bits per heavy atom. The van der Waals surface area contributed by atoms with Gasteiger partial charge >= 0.3 is 0 Å². The van der Waals surface area contributed by atoms with Gasteiger partial charge in [0.05, 0.1) is 6.42 Å². The topological polar surface area (TPSA) is 73.8 Å². The zero-order valence-corrected chi connectivity index (χ0v) is 18.0. The number of sulfonamides is 1. The van der Waals surface area contributed by atoms with E-state index < -0.39 is 10.0 Å². The molecule has 2 fully saturated rings. The molecule has 9 heteroatoms. The number of pyridine rings is 1. The van der Waals surface area contributed by atoms with Crippen molar-refractivity contribution in [1.29, 1.82) is 0 Å². The van der Waals surface area contributed by atoms with E-state index >= 15 is 0 Å². The van der Waals surface area contributed by atoms with Crippen LogP contribution in [0.1, 0.15) is 24.1 Å². The molecule has 2 aromatic heterocycles. The molecule has 2 aromatic rings. The molecule has 29 heavy (non-hydrogen) atoms.